The van der Waals surface area contributed by atoms with Crippen molar-refractivity contribution in [3.05, 3.63) is 35.4 Å². The predicted octanol–water partition coefficient (Wildman–Crippen LogP) is 3.60. The molecule has 0 fully saturated rings. The molecule has 1 aliphatic heterocycles. The van der Waals surface area contributed by atoms with E-state index in [-0.39, 0.29) is 12.0 Å². The topological polar surface area (TPSA) is 38.3 Å². The molecule has 116 valence electrons. The van der Waals surface area contributed by atoms with Gasteiger partial charge in [0.1, 0.15) is 6.04 Å². The molecule has 0 radical (unpaired) electrons. The molecular formula is C18H27NO2. The number of esters is 1. The van der Waals surface area contributed by atoms with Gasteiger partial charge >= 0.3 is 5.97 Å². The highest BCUT2D eigenvalue weighted by atomic mass is 16.5. The number of ether oxygens (including phenoxy) is 1. The minimum atomic E-state index is -0.181. The number of unbranched alkanes of at least 4 members (excludes halogenated alkanes) is 5. The first-order valence-electron chi connectivity index (χ1n) is 8.28. The Morgan fingerprint density at radius 3 is 2.67 bits per heavy atom. The second kappa shape index (κ2) is 8.83. The number of hydrogen-bond acceptors (Lipinski definition) is 3. The second-order valence-corrected chi connectivity index (χ2v) is 5.84. The van der Waals surface area contributed by atoms with Crippen LogP contribution in [-0.4, -0.2) is 18.6 Å². The Hall–Kier alpha value is -1.35. The van der Waals surface area contributed by atoms with Crippen molar-refractivity contribution in [3.63, 3.8) is 0 Å². The van der Waals surface area contributed by atoms with Gasteiger partial charge in [-0.3, -0.25) is 4.79 Å². The van der Waals surface area contributed by atoms with E-state index in [4.69, 9.17) is 4.74 Å². The van der Waals surface area contributed by atoms with Crippen molar-refractivity contribution in [2.24, 2.45) is 0 Å². The van der Waals surface area contributed by atoms with Gasteiger partial charge in [-0.05, 0) is 24.0 Å². The summed E-state index contributed by atoms with van der Waals surface area (Å²) in [4.78, 5) is 12.1. The average Bonchev–Trinajstić information content (AvgIpc) is 2.53. The molecule has 0 aliphatic carbocycles. The number of carbonyl (C=O) groups excluding carboxylic acids is 1. The quantitative estimate of drug-likeness (QED) is 0.587. The van der Waals surface area contributed by atoms with Gasteiger partial charge in [0.2, 0.25) is 0 Å². The fourth-order valence-electron chi connectivity index (χ4n) is 2.78. The monoisotopic (exact) mass is 289 g/mol. The second-order valence-electron chi connectivity index (χ2n) is 5.84. The molecule has 0 aromatic heterocycles. The van der Waals surface area contributed by atoms with Gasteiger partial charge in [-0.25, -0.2) is 0 Å². The fourth-order valence-corrected chi connectivity index (χ4v) is 2.78. The summed E-state index contributed by atoms with van der Waals surface area (Å²) in [6.45, 7) is 3.54. The number of carbonyl (C=O) groups is 1. The molecule has 1 atom stereocenters. The molecule has 1 aliphatic rings. The lowest BCUT2D eigenvalue weighted by molar-refractivity contribution is -0.146. The summed E-state index contributed by atoms with van der Waals surface area (Å²) in [5.74, 6) is -0.0990. The maximum absolute atomic E-state index is 12.1. The van der Waals surface area contributed by atoms with Crippen LogP contribution in [0.5, 0.6) is 0 Å². The lowest BCUT2D eigenvalue weighted by atomic mass is 9.96. The molecule has 21 heavy (non-hydrogen) atoms. The molecule has 0 unspecified atom stereocenters. The highest BCUT2D eigenvalue weighted by molar-refractivity contribution is 5.76. The molecule has 0 amide bonds. The molecule has 1 N–H and O–H groups in total. The first kappa shape index (κ1) is 16.0. The van der Waals surface area contributed by atoms with Crippen LogP contribution in [0.3, 0.4) is 0 Å². The maximum atomic E-state index is 12.1. The molecule has 1 heterocycles. The molecule has 0 saturated carbocycles. The molecule has 0 bridgehead atoms. The minimum absolute atomic E-state index is 0.0990. The third kappa shape index (κ3) is 5.16. The Bertz CT molecular complexity index is 445. The average molecular weight is 289 g/mol. The first-order chi connectivity index (χ1) is 10.3. The number of benzene rings is 1. The van der Waals surface area contributed by atoms with Crippen LogP contribution < -0.4 is 5.32 Å². The van der Waals surface area contributed by atoms with Gasteiger partial charge in [0.25, 0.3) is 0 Å². The van der Waals surface area contributed by atoms with Crippen molar-refractivity contribution < 1.29 is 9.53 Å². The summed E-state index contributed by atoms with van der Waals surface area (Å²) >= 11 is 0. The van der Waals surface area contributed by atoms with Crippen LogP contribution in [0, 0.1) is 0 Å². The Labute approximate surface area is 128 Å². The van der Waals surface area contributed by atoms with Gasteiger partial charge in [-0.2, -0.15) is 0 Å². The van der Waals surface area contributed by atoms with Crippen LogP contribution in [0.2, 0.25) is 0 Å². The Balaban J connectivity index is 1.64. The Kier molecular flexibility index (Phi) is 6.74. The summed E-state index contributed by atoms with van der Waals surface area (Å²) in [5, 5.41) is 3.27. The van der Waals surface area contributed by atoms with Crippen LogP contribution in [-0.2, 0) is 22.5 Å². The number of nitrogens with one attached hydrogen (secondary N) is 1. The van der Waals surface area contributed by atoms with E-state index in [1.165, 1.54) is 36.8 Å². The van der Waals surface area contributed by atoms with Crippen LogP contribution in [0.4, 0.5) is 0 Å². The molecule has 0 spiro atoms. The van der Waals surface area contributed by atoms with E-state index in [0.717, 1.165) is 25.8 Å². The van der Waals surface area contributed by atoms with Gasteiger partial charge in [0.05, 0.1) is 6.61 Å². The largest absolute Gasteiger partial charge is 0.465 e. The Morgan fingerprint density at radius 2 is 1.86 bits per heavy atom. The summed E-state index contributed by atoms with van der Waals surface area (Å²) in [6, 6.07) is 8.10. The highest BCUT2D eigenvalue weighted by Crippen LogP contribution is 2.17. The summed E-state index contributed by atoms with van der Waals surface area (Å²) in [5.41, 5.74) is 2.55. The zero-order chi connectivity index (χ0) is 14.9. The van der Waals surface area contributed by atoms with Crippen LogP contribution in [0.1, 0.15) is 56.6 Å². The van der Waals surface area contributed by atoms with Crippen LogP contribution in [0.25, 0.3) is 0 Å². The Morgan fingerprint density at radius 1 is 1.14 bits per heavy atom. The van der Waals surface area contributed by atoms with E-state index >= 15 is 0 Å². The van der Waals surface area contributed by atoms with Gasteiger partial charge in [-0.1, -0.05) is 63.3 Å². The van der Waals surface area contributed by atoms with E-state index in [0.29, 0.717) is 6.61 Å². The first-order valence-corrected chi connectivity index (χ1v) is 8.28. The summed E-state index contributed by atoms with van der Waals surface area (Å²) < 4.78 is 5.40. The smallest absolute Gasteiger partial charge is 0.323 e. The number of fused-ring (bicyclic) bond motifs is 1. The van der Waals surface area contributed by atoms with E-state index in [9.17, 15) is 4.79 Å². The summed E-state index contributed by atoms with van der Waals surface area (Å²) in [6.07, 6.45) is 8.01. The molecule has 1 aromatic carbocycles. The van der Waals surface area contributed by atoms with E-state index < -0.39 is 0 Å². The molecular weight excluding hydrogens is 262 g/mol. The minimum Gasteiger partial charge on any atom is -0.465 e. The third-order valence-electron chi connectivity index (χ3n) is 4.11. The number of rotatable bonds is 8. The van der Waals surface area contributed by atoms with Crippen molar-refractivity contribution in [1.29, 1.82) is 0 Å². The van der Waals surface area contributed by atoms with Crippen molar-refractivity contribution in [1.82, 2.24) is 5.32 Å². The van der Waals surface area contributed by atoms with Gasteiger partial charge < -0.3 is 10.1 Å². The van der Waals surface area contributed by atoms with Crippen molar-refractivity contribution in [2.75, 3.05) is 6.61 Å². The van der Waals surface area contributed by atoms with Crippen molar-refractivity contribution >= 4 is 5.97 Å². The molecule has 3 heteroatoms. The standard InChI is InChI=1S/C18H27NO2/c1-2-3-4-5-6-9-12-21-18(20)17-13-15-10-7-8-11-16(15)14-19-17/h7-8,10-11,17,19H,2-6,9,12-14H2,1H3/t17-/m1/s1. The molecule has 2 rings (SSSR count). The number of hydrogen-bond donors (Lipinski definition) is 1. The lowest BCUT2D eigenvalue weighted by Crippen LogP contribution is -2.42. The fraction of sp³-hybridized carbons (Fsp3) is 0.611. The van der Waals surface area contributed by atoms with Crippen LogP contribution in [0.15, 0.2) is 24.3 Å². The van der Waals surface area contributed by atoms with Gasteiger partial charge in [-0.15, -0.1) is 0 Å². The van der Waals surface area contributed by atoms with Gasteiger partial charge in [0.15, 0.2) is 0 Å². The maximum Gasteiger partial charge on any atom is 0.323 e. The molecule has 0 saturated heterocycles. The SMILES string of the molecule is CCCCCCCCOC(=O)[C@H]1Cc2ccccc2CN1. The van der Waals surface area contributed by atoms with E-state index in [1.807, 2.05) is 12.1 Å². The van der Waals surface area contributed by atoms with Crippen molar-refractivity contribution in [2.45, 2.75) is 64.5 Å². The molecule has 1 aromatic rings. The highest BCUT2D eigenvalue weighted by Gasteiger charge is 2.24. The predicted molar refractivity (Wildman–Crippen MR) is 85.1 cm³/mol. The third-order valence-corrected chi connectivity index (χ3v) is 4.11. The van der Waals surface area contributed by atoms with Crippen molar-refractivity contribution in [3.8, 4) is 0 Å². The normalized spacial score (nSPS) is 17.3. The van der Waals surface area contributed by atoms with Crippen LogP contribution >= 0.6 is 0 Å². The zero-order valence-corrected chi connectivity index (χ0v) is 13.1. The van der Waals surface area contributed by atoms with E-state index in [1.54, 1.807) is 0 Å². The zero-order valence-electron chi connectivity index (χ0n) is 13.1. The lowest BCUT2D eigenvalue weighted by Gasteiger charge is -2.24. The van der Waals surface area contributed by atoms with E-state index in [2.05, 4.69) is 24.4 Å². The van der Waals surface area contributed by atoms with Gasteiger partial charge in [0, 0.05) is 6.54 Å². The molecule has 3 nitrogen and oxygen atoms in total. The summed E-state index contributed by atoms with van der Waals surface area (Å²) in [7, 11) is 0.